The molecule has 0 saturated heterocycles. The molecular formula is C20H22N4O2. The van der Waals surface area contributed by atoms with E-state index in [0.29, 0.717) is 0 Å². The number of fused-ring (bicyclic) bond motifs is 1. The van der Waals surface area contributed by atoms with Crippen LogP contribution in [0.4, 0.5) is 0 Å². The van der Waals surface area contributed by atoms with Crippen molar-refractivity contribution in [3.05, 3.63) is 66.5 Å². The number of aromatic nitrogens is 2. The fraction of sp³-hybridized carbons (Fsp3) is 0.250. The Labute approximate surface area is 152 Å². The summed E-state index contributed by atoms with van der Waals surface area (Å²) in [5.41, 5.74) is 5.32. The number of hydrogen-bond acceptors (Lipinski definition) is 3. The van der Waals surface area contributed by atoms with Crippen molar-refractivity contribution in [2.24, 2.45) is 5.92 Å². The molecule has 0 saturated carbocycles. The number of imidazole rings is 1. The SMILES string of the molecule is CC(C)C(NC(=O)Cc1ccccc1)C(=O)Nn1cnc2ccccc21. The monoisotopic (exact) mass is 350 g/mol. The lowest BCUT2D eigenvalue weighted by Crippen LogP contribution is -2.49. The highest BCUT2D eigenvalue weighted by Gasteiger charge is 2.24. The average molecular weight is 350 g/mol. The first kappa shape index (κ1) is 17.7. The quantitative estimate of drug-likeness (QED) is 0.717. The van der Waals surface area contributed by atoms with E-state index in [0.717, 1.165) is 16.6 Å². The van der Waals surface area contributed by atoms with E-state index in [4.69, 9.17) is 0 Å². The third-order valence-corrected chi connectivity index (χ3v) is 4.16. The fourth-order valence-electron chi connectivity index (χ4n) is 2.78. The normalized spacial score (nSPS) is 12.1. The summed E-state index contributed by atoms with van der Waals surface area (Å²) in [4.78, 5) is 29.3. The van der Waals surface area contributed by atoms with Gasteiger partial charge in [-0.05, 0) is 23.6 Å². The van der Waals surface area contributed by atoms with Crippen LogP contribution in [0.2, 0.25) is 0 Å². The third kappa shape index (κ3) is 4.08. The molecule has 1 unspecified atom stereocenters. The van der Waals surface area contributed by atoms with Gasteiger partial charge in [0.1, 0.15) is 12.4 Å². The molecule has 2 aromatic carbocycles. The molecule has 1 heterocycles. The maximum atomic E-state index is 12.7. The Bertz CT molecular complexity index is 902. The number of nitrogens with zero attached hydrogens (tertiary/aromatic N) is 2. The van der Waals surface area contributed by atoms with E-state index in [1.807, 2.05) is 68.4 Å². The molecule has 0 bridgehead atoms. The summed E-state index contributed by atoms with van der Waals surface area (Å²) in [7, 11) is 0. The molecule has 0 fully saturated rings. The molecule has 26 heavy (non-hydrogen) atoms. The Balaban J connectivity index is 1.69. The van der Waals surface area contributed by atoms with Crippen LogP contribution >= 0.6 is 0 Å². The molecule has 1 aromatic heterocycles. The summed E-state index contributed by atoms with van der Waals surface area (Å²) >= 11 is 0. The first-order valence-electron chi connectivity index (χ1n) is 8.61. The second-order valence-corrected chi connectivity index (χ2v) is 6.53. The summed E-state index contributed by atoms with van der Waals surface area (Å²) in [5.74, 6) is -0.505. The van der Waals surface area contributed by atoms with Crippen LogP contribution in [0.25, 0.3) is 11.0 Å². The van der Waals surface area contributed by atoms with E-state index in [9.17, 15) is 9.59 Å². The van der Waals surface area contributed by atoms with Gasteiger partial charge < -0.3 is 5.32 Å². The summed E-state index contributed by atoms with van der Waals surface area (Å²) in [6.45, 7) is 3.80. The van der Waals surface area contributed by atoms with Gasteiger partial charge in [-0.3, -0.25) is 15.0 Å². The van der Waals surface area contributed by atoms with E-state index in [1.165, 1.54) is 0 Å². The van der Waals surface area contributed by atoms with Crippen molar-refractivity contribution in [2.75, 3.05) is 5.43 Å². The van der Waals surface area contributed by atoms with E-state index in [1.54, 1.807) is 11.0 Å². The summed E-state index contributed by atoms with van der Waals surface area (Å²) in [6.07, 6.45) is 1.80. The zero-order valence-corrected chi connectivity index (χ0v) is 14.8. The van der Waals surface area contributed by atoms with E-state index >= 15 is 0 Å². The number of amides is 2. The zero-order chi connectivity index (χ0) is 18.5. The molecule has 2 amide bonds. The number of nitrogens with one attached hydrogen (secondary N) is 2. The molecule has 1 atom stereocenters. The van der Waals surface area contributed by atoms with Crippen molar-refractivity contribution in [1.29, 1.82) is 0 Å². The molecule has 2 N–H and O–H groups in total. The van der Waals surface area contributed by atoms with Crippen LogP contribution in [0.15, 0.2) is 60.9 Å². The molecule has 3 aromatic rings. The van der Waals surface area contributed by atoms with E-state index in [2.05, 4.69) is 15.7 Å². The lowest BCUT2D eigenvalue weighted by Gasteiger charge is -2.22. The van der Waals surface area contributed by atoms with Crippen LogP contribution < -0.4 is 10.7 Å². The second kappa shape index (κ2) is 7.82. The predicted molar refractivity (Wildman–Crippen MR) is 101 cm³/mol. The molecule has 0 radical (unpaired) electrons. The molecule has 6 nitrogen and oxygen atoms in total. The average Bonchev–Trinajstić information content (AvgIpc) is 3.03. The van der Waals surface area contributed by atoms with Crippen LogP contribution in [0.5, 0.6) is 0 Å². The highest BCUT2D eigenvalue weighted by Crippen LogP contribution is 2.11. The first-order valence-corrected chi connectivity index (χ1v) is 8.61. The zero-order valence-electron chi connectivity index (χ0n) is 14.8. The van der Waals surface area contributed by atoms with Crippen LogP contribution in [-0.2, 0) is 16.0 Å². The minimum Gasteiger partial charge on any atom is -0.344 e. The van der Waals surface area contributed by atoms with Crippen LogP contribution in [0.3, 0.4) is 0 Å². The largest absolute Gasteiger partial charge is 0.344 e. The minimum absolute atomic E-state index is 0.0514. The van der Waals surface area contributed by atoms with Crippen molar-refractivity contribution in [3.8, 4) is 0 Å². The number of hydrogen-bond donors (Lipinski definition) is 2. The Morgan fingerprint density at radius 1 is 1.04 bits per heavy atom. The number of carbonyl (C=O) groups excluding carboxylic acids is 2. The van der Waals surface area contributed by atoms with Gasteiger partial charge in [0.05, 0.1) is 17.5 Å². The van der Waals surface area contributed by atoms with Gasteiger partial charge in [0, 0.05) is 0 Å². The highest BCUT2D eigenvalue weighted by atomic mass is 16.2. The van der Waals surface area contributed by atoms with Gasteiger partial charge in [-0.25, -0.2) is 9.66 Å². The number of benzene rings is 2. The van der Waals surface area contributed by atoms with Crippen molar-refractivity contribution in [3.63, 3.8) is 0 Å². The van der Waals surface area contributed by atoms with Crippen molar-refractivity contribution < 1.29 is 9.59 Å². The molecule has 0 spiro atoms. The fourth-order valence-corrected chi connectivity index (χ4v) is 2.78. The molecule has 134 valence electrons. The van der Waals surface area contributed by atoms with Gasteiger partial charge in [0.25, 0.3) is 5.91 Å². The smallest absolute Gasteiger partial charge is 0.261 e. The molecule has 0 aliphatic heterocycles. The standard InChI is InChI=1S/C20H22N4O2/c1-14(2)19(22-18(25)12-15-8-4-3-5-9-15)20(26)23-24-13-21-16-10-6-7-11-17(16)24/h3-11,13-14,19H,12H2,1-2H3,(H,22,25)(H,23,26). The van der Waals surface area contributed by atoms with Crippen LogP contribution in [-0.4, -0.2) is 27.5 Å². The topological polar surface area (TPSA) is 76.0 Å². The maximum absolute atomic E-state index is 12.7. The number of para-hydroxylation sites is 2. The van der Waals surface area contributed by atoms with Crippen molar-refractivity contribution >= 4 is 22.8 Å². The van der Waals surface area contributed by atoms with Crippen LogP contribution in [0, 0.1) is 5.92 Å². The Hall–Kier alpha value is -3.15. The number of rotatable bonds is 6. The summed E-state index contributed by atoms with van der Waals surface area (Å²) < 4.78 is 1.58. The lowest BCUT2D eigenvalue weighted by atomic mass is 10.0. The first-order chi connectivity index (χ1) is 12.5. The lowest BCUT2D eigenvalue weighted by molar-refractivity contribution is -0.127. The molecular weight excluding hydrogens is 328 g/mol. The maximum Gasteiger partial charge on any atom is 0.261 e. The van der Waals surface area contributed by atoms with Gasteiger partial charge in [0.15, 0.2) is 0 Å². The third-order valence-electron chi connectivity index (χ3n) is 4.16. The summed E-state index contributed by atoms with van der Waals surface area (Å²) in [5, 5.41) is 2.84. The highest BCUT2D eigenvalue weighted by molar-refractivity contribution is 5.94. The Kier molecular flexibility index (Phi) is 5.31. The van der Waals surface area contributed by atoms with Crippen molar-refractivity contribution in [2.45, 2.75) is 26.3 Å². The Morgan fingerprint density at radius 2 is 1.73 bits per heavy atom. The molecule has 0 aliphatic carbocycles. The van der Waals surface area contributed by atoms with Gasteiger partial charge in [-0.15, -0.1) is 0 Å². The Morgan fingerprint density at radius 3 is 2.46 bits per heavy atom. The second-order valence-electron chi connectivity index (χ2n) is 6.53. The van der Waals surface area contributed by atoms with E-state index in [-0.39, 0.29) is 24.2 Å². The minimum atomic E-state index is -0.632. The van der Waals surface area contributed by atoms with Gasteiger partial charge in [-0.1, -0.05) is 56.3 Å². The van der Waals surface area contributed by atoms with Crippen molar-refractivity contribution in [1.82, 2.24) is 15.0 Å². The number of carbonyl (C=O) groups is 2. The molecule has 0 aliphatic rings. The molecule has 3 rings (SSSR count). The van der Waals surface area contributed by atoms with Gasteiger partial charge in [-0.2, -0.15) is 0 Å². The summed E-state index contributed by atoms with van der Waals surface area (Å²) in [6, 6.07) is 16.4. The van der Waals surface area contributed by atoms with Gasteiger partial charge in [0.2, 0.25) is 5.91 Å². The van der Waals surface area contributed by atoms with Crippen LogP contribution in [0.1, 0.15) is 19.4 Å². The molecule has 6 heteroatoms. The van der Waals surface area contributed by atoms with Gasteiger partial charge >= 0.3 is 0 Å². The van der Waals surface area contributed by atoms with E-state index < -0.39 is 6.04 Å². The predicted octanol–water partition coefficient (Wildman–Crippen LogP) is 2.49.